The van der Waals surface area contributed by atoms with Gasteiger partial charge in [0.25, 0.3) is 0 Å². The van der Waals surface area contributed by atoms with Crippen molar-refractivity contribution < 1.29 is 14.3 Å². The fourth-order valence-electron chi connectivity index (χ4n) is 3.17. The van der Waals surface area contributed by atoms with E-state index in [2.05, 4.69) is 20.8 Å². The van der Waals surface area contributed by atoms with E-state index in [0.29, 0.717) is 5.75 Å². The van der Waals surface area contributed by atoms with Gasteiger partial charge in [-0.3, -0.25) is 9.69 Å². The van der Waals surface area contributed by atoms with Crippen LogP contribution in [0.4, 0.5) is 0 Å². The first-order valence-corrected chi connectivity index (χ1v) is 11.0. The van der Waals surface area contributed by atoms with E-state index in [4.69, 9.17) is 9.47 Å². The quantitative estimate of drug-likeness (QED) is 0.581. The maximum Gasteiger partial charge on any atom is 0.233 e. The van der Waals surface area contributed by atoms with E-state index in [1.165, 1.54) is 0 Å². The van der Waals surface area contributed by atoms with Crippen molar-refractivity contribution in [3.8, 4) is 11.5 Å². The summed E-state index contributed by atoms with van der Waals surface area (Å²) in [5.74, 6) is 2.37. The van der Waals surface area contributed by atoms with Crippen molar-refractivity contribution in [2.75, 3.05) is 46.2 Å². The van der Waals surface area contributed by atoms with E-state index >= 15 is 0 Å². The van der Waals surface area contributed by atoms with Crippen LogP contribution >= 0.6 is 27.7 Å². The third kappa shape index (κ3) is 5.65. The van der Waals surface area contributed by atoms with Crippen molar-refractivity contribution in [2.45, 2.75) is 11.4 Å². The molecule has 0 saturated carbocycles. The van der Waals surface area contributed by atoms with Gasteiger partial charge in [0.1, 0.15) is 11.5 Å². The molecular formula is C21H25BrN2O3S. The lowest BCUT2D eigenvalue weighted by atomic mass is 10.1. The molecule has 2 aromatic rings. The van der Waals surface area contributed by atoms with Gasteiger partial charge in [-0.15, -0.1) is 11.8 Å². The minimum Gasteiger partial charge on any atom is -0.497 e. The summed E-state index contributed by atoms with van der Waals surface area (Å²) in [5, 5.41) is 0. The number of hydrogen-bond donors (Lipinski definition) is 0. The van der Waals surface area contributed by atoms with E-state index in [-0.39, 0.29) is 5.91 Å². The molecule has 150 valence electrons. The number of benzene rings is 2. The van der Waals surface area contributed by atoms with Gasteiger partial charge in [0.2, 0.25) is 5.91 Å². The molecule has 0 aromatic heterocycles. The molecule has 0 atom stereocenters. The molecule has 1 aliphatic rings. The minimum absolute atomic E-state index is 0.200. The van der Waals surface area contributed by atoms with E-state index in [1.54, 1.807) is 26.0 Å². The molecule has 1 aliphatic heterocycles. The molecule has 0 N–H and O–H groups in total. The summed E-state index contributed by atoms with van der Waals surface area (Å²) in [6, 6.07) is 13.9. The molecule has 0 spiro atoms. The van der Waals surface area contributed by atoms with Crippen molar-refractivity contribution in [1.29, 1.82) is 0 Å². The first kappa shape index (κ1) is 21.0. The number of rotatable bonds is 7. The van der Waals surface area contributed by atoms with Crippen molar-refractivity contribution in [1.82, 2.24) is 9.80 Å². The van der Waals surface area contributed by atoms with Crippen LogP contribution in [-0.4, -0.2) is 61.9 Å². The fraction of sp³-hybridized carbons (Fsp3) is 0.381. The van der Waals surface area contributed by atoms with Gasteiger partial charge in [0, 0.05) is 47.7 Å². The number of halogens is 1. The van der Waals surface area contributed by atoms with Crippen LogP contribution in [0.3, 0.4) is 0 Å². The first-order valence-electron chi connectivity index (χ1n) is 9.18. The van der Waals surface area contributed by atoms with Gasteiger partial charge >= 0.3 is 0 Å². The van der Waals surface area contributed by atoms with Crippen LogP contribution in [0.1, 0.15) is 5.56 Å². The zero-order valence-corrected chi connectivity index (χ0v) is 18.6. The standard InChI is InChI=1S/C21H25BrN2O3S/c1-26-18-5-8-20(27-2)16(13-18)14-23-9-11-24(12-10-23)21(25)15-28-19-6-3-17(22)4-7-19/h3-8,13H,9-12,14-15H2,1-2H3. The average molecular weight is 465 g/mol. The number of methoxy groups -OCH3 is 2. The second-order valence-electron chi connectivity index (χ2n) is 6.58. The molecule has 1 heterocycles. The lowest BCUT2D eigenvalue weighted by Crippen LogP contribution is -2.48. The van der Waals surface area contributed by atoms with E-state index in [0.717, 1.165) is 59.2 Å². The van der Waals surface area contributed by atoms with Crippen LogP contribution in [0.15, 0.2) is 51.8 Å². The van der Waals surface area contributed by atoms with Crippen LogP contribution < -0.4 is 9.47 Å². The Morgan fingerprint density at radius 3 is 2.39 bits per heavy atom. The largest absolute Gasteiger partial charge is 0.497 e. The van der Waals surface area contributed by atoms with E-state index < -0.39 is 0 Å². The zero-order chi connectivity index (χ0) is 19.9. The second-order valence-corrected chi connectivity index (χ2v) is 8.54. The summed E-state index contributed by atoms with van der Waals surface area (Å²) in [7, 11) is 3.35. The van der Waals surface area contributed by atoms with Gasteiger partial charge in [-0.1, -0.05) is 15.9 Å². The van der Waals surface area contributed by atoms with E-state index in [9.17, 15) is 4.79 Å². The third-order valence-corrected chi connectivity index (χ3v) is 6.31. The number of carbonyl (C=O) groups excluding carboxylic acids is 1. The molecule has 1 saturated heterocycles. The van der Waals surface area contributed by atoms with Gasteiger partial charge < -0.3 is 14.4 Å². The highest BCUT2D eigenvalue weighted by atomic mass is 79.9. The molecule has 7 heteroatoms. The lowest BCUT2D eigenvalue weighted by Gasteiger charge is -2.35. The molecule has 1 amide bonds. The Hall–Kier alpha value is -1.70. The zero-order valence-electron chi connectivity index (χ0n) is 16.2. The summed E-state index contributed by atoms with van der Waals surface area (Å²) in [5.41, 5.74) is 1.10. The van der Waals surface area contributed by atoms with Crippen LogP contribution in [-0.2, 0) is 11.3 Å². The Labute approximate surface area is 179 Å². The molecule has 0 radical (unpaired) electrons. The van der Waals surface area contributed by atoms with Crippen LogP contribution in [0, 0.1) is 0 Å². The molecule has 3 rings (SSSR count). The number of ether oxygens (including phenoxy) is 2. The smallest absolute Gasteiger partial charge is 0.233 e. The highest BCUT2D eigenvalue weighted by molar-refractivity contribution is 9.10. The molecule has 2 aromatic carbocycles. The maximum absolute atomic E-state index is 12.5. The lowest BCUT2D eigenvalue weighted by molar-refractivity contribution is -0.130. The number of thioether (sulfide) groups is 1. The number of amides is 1. The van der Waals surface area contributed by atoms with Gasteiger partial charge in [-0.05, 0) is 42.5 Å². The van der Waals surface area contributed by atoms with Gasteiger partial charge in [0.15, 0.2) is 0 Å². The predicted molar refractivity (Wildman–Crippen MR) is 116 cm³/mol. The number of nitrogens with zero attached hydrogens (tertiary/aromatic N) is 2. The summed E-state index contributed by atoms with van der Waals surface area (Å²) >= 11 is 5.02. The highest BCUT2D eigenvalue weighted by Crippen LogP contribution is 2.26. The SMILES string of the molecule is COc1ccc(OC)c(CN2CCN(C(=O)CSc3ccc(Br)cc3)CC2)c1. The predicted octanol–water partition coefficient (Wildman–Crippen LogP) is 3.90. The highest BCUT2D eigenvalue weighted by Gasteiger charge is 2.22. The Kier molecular flexibility index (Phi) is 7.65. The van der Waals surface area contributed by atoms with Crippen molar-refractivity contribution in [3.05, 3.63) is 52.5 Å². The van der Waals surface area contributed by atoms with Gasteiger partial charge in [-0.25, -0.2) is 0 Å². The Balaban J connectivity index is 1.49. The molecule has 0 bridgehead atoms. The number of hydrogen-bond acceptors (Lipinski definition) is 5. The summed E-state index contributed by atoms with van der Waals surface area (Å²) < 4.78 is 11.9. The normalized spacial score (nSPS) is 14.8. The second kappa shape index (κ2) is 10.2. The minimum atomic E-state index is 0.200. The van der Waals surface area contributed by atoms with Crippen LogP contribution in [0.5, 0.6) is 11.5 Å². The summed E-state index contributed by atoms with van der Waals surface area (Å²) in [6.07, 6.45) is 0. The monoisotopic (exact) mass is 464 g/mol. The number of piperazine rings is 1. The number of carbonyl (C=O) groups is 1. The van der Waals surface area contributed by atoms with Crippen LogP contribution in [0.2, 0.25) is 0 Å². The first-order chi connectivity index (χ1) is 13.6. The summed E-state index contributed by atoms with van der Waals surface area (Å²) in [4.78, 5) is 18.0. The van der Waals surface area contributed by atoms with Crippen molar-refractivity contribution >= 4 is 33.6 Å². The molecular weight excluding hydrogens is 440 g/mol. The maximum atomic E-state index is 12.5. The van der Waals surface area contributed by atoms with Crippen LogP contribution in [0.25, 0.3) is 0 Å². The Morgan fingerprint density at radius 1 is 1.04 bits per heavy atom. The average Bonchev–Trinajstić information content (AvgIpc) is 2.73. The van der Waals surface area contributed by atoms with E-state index in [1.807, 2.05) is 47.4 Å². The third-order valence-electron chi connectivity index (χ3n) is 4.78. The molecule has 0 aliphatic carbocycles. The Morgan fingerprint density at radius 2 is 1.75 bits per heavy atom. The molecule has 0 unspecified atom stereocenters. The summed E-state index contributed by atoms with van der Waals surface area (Å²) in [6.45, 7) is 4.01. The molecule has 28 heavy (non-hydrogen) atoms. The van der Waals surface area contributed by atoms with Crippen molar-refractivity contribution in [3.63, 3.8) is 0 Å². The molecule has 5 nitrogen and oxygen atoms in total. The van der Waals surface area contributed by atoms with Crippen molar-refractivity contribution in [2.24, 2.45) is 0 Å². The fourth-order valence-corrected chi connectivity index (χ4v) is 4.23. The topological polar surface area (TPSA) is 42.0 Å². The van der Waals surface area contributed by atoms with Gasteiger partial charge in [-0.2, -0.15) is 0 Å². The van der Waals surface area contributed by atoms with Gasteiger partial charge in [0.05, 0.1) is 20.0 Å². The Bertz CT molecular complexity index is 793. The molecule has 1 fully saturated rings.